The average molecular weight is 395 g/mol. The molecule has 2 rings (SSSR count). The Kier molecular flexibility index (Phi) is 5.07. The maximum absolute atomic E-state index is 6.16. The summed E-state index contributed by atoms with van der Waals surface area (Å²) in [6.07, 6.45) is 0. The Labute approximate surface area is 145 Å². The fourth-order valence-electron chi connectivity index (χ4n) is 1.53. The Bertz CT molecular complexity index is 641. The van der Waals surface area contributed by atoms with Gasteiger partial charge in [0.25, 0.3) is 0 Å². The van der Waals surface area contributed by atoms with Crippen molar-refractivity contribution in [2.24, 2.45) is 0 Å². The summed E-state index contributed by atoms with van der Waals surface area (Å²) in [5.74, 6) is 0. The van der Waals surface area contributed by atoms with Gasteiger partial charge in [0.2, 0.25) is 0 Å². The second kappa shape index (κ2) is 6.07. The lowest BCUT2D eigenvalue weighted by Crippen LogP contribution is -1.86. The van der Waals surface area contributed by atoms with E-state index < -0.39 is 0 Å². The first-order valence-electron chi connectivity index (χ1n) is 4.80. The van der Waals surface area contributed by atoms with Gasteiger partial charge in [0.15, 0.2) is 0 Å². The van der Waals surface area contributed by atoms with E-state index >= 15 is 0 Å². The number of halogens is 7. The van der Waals surface area contributed by atoms with Crippen LogP contribution in [0.25, 0.3) is 11.1 Å². The molecule has 0 fully saturated rings. The van der Waals surface area contributed by atoms with E-state index in [2.05, 4.69) is 0 Å². The van der Waals surface area contributed by atoms with Gasteiger partial charge in [0.1, 0.15) is 0 Å². The number of benzene rings is 2. The van der Waals surface area contributed by atoms with Gasteiger partial charge in [-0.1, -0.05) is 81.2 Å². The molecule has 0 aliphatic carbocycles. The van der Waals surface area contributed by atoms with Crippen molar-refractivity contribution < 1.29 is 0 Å². The molecule has 0 saturated heterocycles. The zero-order valence-electron chi connectivity index (χ0n) is 8.88. The number of hydrogen-bond donors (Lipinski definition) is 0. The predicted octanol–water partition coefficient (Wildman–Crippen LogP) is 7.93. The summed E-state index contributed by atoms with van der Waals surface area (Å²) in [6, 6.07) is 4.71. The largest absolute Gasteiger partial charge is 0.0836 e. The lowest BCUT2D eigenvalue weighted by Gasteiger charge is -2.12. The molecule has 0 unspecified atom stereocenters. The highest BCUT2D eigenvalue weighted by Crippen LogP contribution is 2.45. The van der Waals surface area contributed by atoms with Crippen LogP contribution < -0.4 is 0 Å². The van der Waals surface area contributed by atoms with E-state index in [1.165, 1.54) is 6.07 Å². The van der Waals surface area contributed by atoms with Crippen molar-refractivity contribution in [1.29, 1.82) is 0 Å². The first-order chi connectivity index (χ1) is 8.82. The smallest absolute Gasteiger partial charge is 0.0785 e. The van der Waals surface area contributed by atoms with Crippen LogP contribution in [-0.2, 0) is 0 Å². The lowest BCUT2D eigenvalue weighted by atomic mass is 10.1. The summed E-state index contributed by atoms with van der Waals surface area (Å²) >= 11 is 42.1. The van der Waals surface area contributed by atoms with E-state index in [0.29, 0.717) is 26.2 Å². The van der Waals surface area contributed by atoms with E-state index in [4.69, 9.17) is 81.2 Å². The molecule has 0 heterocycles. The third-order valence-corrected chi connectivity index (χ3v) is 5.14. The third-order valence-electron chi connectivity index (χ3n) is 2.39. The fourth-order valence-corrected chi connectivity index (χ4v) is 3.26. The SMILES string of the molecule is Clc1cc(-c2c(Cl)cc(Cl)c(Cl)c2Cl)cc(Cl)c1Cl. The van der Waals surface area contributed by atoms with Gasteiger partial charge in [-0.25, -0.2) is 0 Å². The summed E-state index contributed by atoms with van der Waals surface area (Å²) in [6.45, 7) is 0. The van der Waals surface area contributed by atoms with E-state index in [9.17, 15) is 0 Å². The Morgan fingerprint density at radius 2 is 0.947 bits per heavy atom. The van der Waals surface area contributed by atoms with Crippen LogP contribution in [0.3, 0.4) is 0 Å². The van der Waals surface area contributed by atoms with E-state index in [-0.39, 0.29) is 20.1 Å². The summed E-state index contributed by atoms with van der Waals surface area (Å²) < 4.78 is 0. The van der Waals surface area contributed by atoms with Gasteiger partial charge in [0.05, 0.1) is 35.2 Å². The second-order valence-corrected chi connectivity index (χ2v) is 6.36. The molecule has 0 aromatic heterocycles. The first kappa shape index (κ1) is 15.9. The molecule has 2 aromatic carbocycles. The van der Waals surface area contributed by atoms with Gasteiger partial charge >= 0.3 is 0 Å². The van der Waals surface area contributed by atoms with Crippen molar-refractivity contribution in [3.8, 4) is 11.1 Å². The second-order valence-electron chi connectivity index (χ2n) is 3.60. The molecule has 19 heavy (non-hydrogen) atoms. The van der Waals surface area contributed by atoms with Crippen LogP contribution in [-0.4, -0.2) is 0 Å². The lowest BCUT2D eigenvalue weighted by molar-refractivity contribution is 1.61. The number of rotatable bonds is 1. The Morgan fingerprint density at radius 3 is 1.47 bits per heavy atom. The van der Waals surface area contributed by atoms with Crippen LogP contribution in [0.5, 0.6) is 0 Å². The third kappa shape index (κ3) is 3.06. The van der Waals surface area contributed by atoms with Gasteiger partial charge in [0, 0.05) is 5.56 Å². The first-order valence-corrected chi connectivity index (χ1v) is 7.45. The molecule has 0 bridgehead atoms. The molecule has 0 aliphatic rings. The Morgan fingerprint density at radius 1 is 0.474 bits per heavy atom. The van der Waals surface area contributed by atoms with Crippen molar-refractivity contribution in [2.75, 3.05) is 0 Å². The van der Waals surface area contributed by atoms with Gasteiger partial charge in [-0.2, -0.15) is 0 Å². The van der Waals surface area contributed by atoms with Gasteiger partial charge in [-0.15, -0.1) is 0 Å². The molecule has 0 aliphatic heterocycles. The highest BCUT2D eigenvalue weighted by molar-refractivity contribution is 6.51. The summed E-state index contributed by atoms with van der Waals surface area (Å²) in [5, 5.41) is 1.91. The van der Waals surface area contributed by atoms with E-state index in [1.54, 1.807) is 12.1 Å². The average Bonchev–Trinajstić information content (AvgIpc) is 2.33. The van der Waals surface area contributed by atoms with Crippen LogP contribution in [0.1, 0.15) is 0 Å². The van der Waals surface area contributed by atoms with Gasteiger partial charge < -0.3 is 0 Å². The Balaban J connectivity index is 2.76. The molecule has 2 aromatic rings. The minimum atomic E-state index is 0.213. The molecule has 0 radical (unpaired) electrons. The maximum Gasteiger partial charge on any atom is 0.0785 e. The number of hydrogen-bond acceptors (Lipinski definition) is 0. The van der Waals surface area contributed by atoms with Crippen molar-refractivity contribution in [1.82, 2.24) is 0 Å². The Hall–Kier alpha value is 0.470. The summed E-state index contributed by atoms with van der Waals surface area (Å²) in [5.41, 5.74) is 1.10. The maximum atomic E-state index is 6.16. The molecular weight excluding hydrogens is 392 g/mol. The highest BCUT2D eigenvalue weighted by atomic mass is 35.5. The normalized spacial score (nSPS) is 10.9. The van der Waals surface area contributed by atoms with Crippen LogP contribution in [0.15, 0.2) is 18.2 Å². The van der Waals surface area contributed by atoms with Crippen LogP contribution in [0.2, 0.25) is 35.2 Å². The minimum Gasteiger partial charge on any atom is -0.0836 e. The zero-order valence-corrected chi connectivity index (χ0v) is 14.2. The standard InChI is InChI=1S/C12H3Cl7/c13-5-3-8(16)11(18)12(19)9(5)4-1-6(14)10(17)7(15)2-4/h1-3H. The van der Waals surface area contributed by atoms with Crippen LogP contribution in [0, 0.1) is 0 Å². The minimum absolute atomic E-state index is 0.213. The molecule has 7 heteroatoms. The van der Waals surface area contributed by atoms with Crippen LogP contribution >= 0.6 is 81.2 Å². The van der Waals surface area contributed by atoms with E-state index in [1.807, 2.05) is 0 Å². The molecule has 100 valence electrons. The fraction of sp³-hybridized carbons (Fsp3) is 0. The predicted molar refractivity (Wildman–Crippen MR) is 86.9 cm³/mol. The van der Waals surface area contributed by atoms with Crippen molar-refractivity contribution >= 4 is 81.2 Å². The van der Waals surface area contributed by atoms with Crippen molar-refractivity contribution in [3.63, 3.8) is 0 Å². The van der Waals surface area contributed by atoms with Crippen molar-refractivity contribution in [3.05, 3.63) is 53.4 Å². The molecular formula is C12H3Cl7. The molecule has 0 N–H and O–H groups in total. The molecule has 0 nitrogen and oxygen atoms in total. The van der Waals surface area contributed by atoms with Gasteiger partial charge in [-0.05, 0) is 23.8 Å². The summed E-state index contributed by atoms with van der Waals surface area (Å²) in [7, 11) is 0. The molecule has 0 amide bonds. The van der Waals surface area contributed by atoms with Gasteiger partial charge in [-0.3, -0.25) is 0 Å². The molecule has 0 saturated carbocycles. The zero-order chi connectivity index (χ0) is 14.3. The van der Waals surface area contributed by atoms with Crippen molar-refractivity contribution in [2.45, 2.75) is 0 Å². The monoisotopic (exact) mass is 392 g/mol. The topological polar surface area (TPSA) is 0 Å². The molecule has 0 atom stereocenters. The molecule has 0 spiro atoms. The van der Waals surface area contributed by atoms with Crippen LogP contribution in [0.4, 0.5) is 0 Å². The quantitative estimate of drug-likeness (QED) is 0.340. The highest BCUT2D eigenvalue weighted by Gasteiger charge is 2.17. The van der Waals surface area contributed by atoms with E-state index in [0.717, 1.165) is 0 Å². The summed E-state index contributed by atoms with van der Waals surface area (Å²) in [4.78, 5) is 0.